The summed E-state index contributed by atoms with van der Waals surface area (Å²) in [6, 6.07) is 4.80. The van der Waals surface area contributed by atoms with E-state index >= 15 is 0 Å². The summed E-state index contributed by atoms with van der Waals surface area (Å²) in [5.74, 6) is -6.87. The third-order valence-electron chi connectivity index (χ3n) is 2.77. The Hall–Kier alpha value is -4.21. The number of hydrogen-bond donors (Lipinski definition) is 1. The number of carbonyl (C=O) groups excluding carboxylic acids is 4. The predicted octanol–water partition coefficient (Wildman–Crippen LogP) is 1.34. The Morgan fingerprint density at radius 3 is 1.50 bits per heavy atom. The predicted molar refractivity (Wildman–Crippen MR) is 90.4 cm³/mol. The maximum atomic E-state index is 12.5. The number of carboxylic acids is 1. The molecule has 10 heteroatoms. The molecule has 1 aromatic rings. The van der Waals surface area contributed by atoms with E-state index in [1.807, 2.05) is 0 Å². The van der Waals surface area contributed by atoms with Crippen molar-refractivity contribution in [1.82, 2.24) is 0 Å². The van der Waals surface area contributed by atoms with Crippen molar-refractivity contribution in [2.75, 3.05) is 0 Å². The highest BCUT2D eigenvalue weighted by Gasteiger charge is 2.49. The number of hydrogen-bond acceptors (Lipinski definition) is 9. The topological polar surface area (TPSA) is 142 Å². The lowest BCUT2D eigenvalue weighted by Gasteiger charge is -2.27. The average Bonchev–Trinajstić information content (AvgIpc) is 2.67. The highest BCUT2D eigenvalue weighted by atomic mass is 17.0. The second kappa shape index (κ2) is 9.48. The summed E-state index contributed by atoms with van der Waals surface area (Å²) in [6.45, 7) is 9.31. The van der Waals surface area contributed by atoms with Crippen LogP contribution in [0.15, 0.2) is 62.2 Å². The van der Waals surface area contributed by atoms with Gasteiger partial charge in [-0.1, -0.05) is 31.9 Å². The van der Waals surface area contributed by atoms with Gasteiger partial charge in [0.15, 0.2) is 0 Å². The summed E-state index contributed by atoms with van der Waals surface area (Å²) in [5, 5.41) is 9.16. The first-order valence-corrected chi connectivity index (χ1v) is 7.30. The van der Waals surface area contributed by atoms with Crippen molar-refractivity contribution in [3.8, 4) is 0 Å². The van der Waals surface area contributed by atoms with Crippen LogP contribution in [0.2, 0.25) is 0 Å². The number of rotatable bonds is 9. The minimum atomic E-state index is -3.33. The molecule has 0 fully saturated rings. The average molecular weight is 390 g/mol. The van der Waals surface area contributed by atoms with E-state index in [1.54, 1.807) is 0 Å². The van der Waals surface area contributed by atoms with Gasteiger partial charge in [-0.05, 0) is 12.1 Å². The van der Waals surface area contributed by atoms with Crippen molar-refractivity contribution in [3.63, 3.8) is 0 Å². The fourth-order valence-corrected chi connectivity index (χ4v) is 1.64. The van der Waals surface area contributed by atoms with Crippen molar-refractivity contribution in [3.05, 3.63) is 73.4 Å². The Balaban J connectivity index is 3.42. The van der Waals surface area contributed by atoms with Gasteiger partial charge >= 0.3 is 36.0 Å². The third kappa shape index (κ3) is 5.66. The number of esters is 4. The third-order valence-corrected chi connectivity index (χ3v) is 2.77. The lowest BCUT2D eigenvalue weighted by Crippen LogP contribution is -2.47. The Morgan fingerprint density at radius 1 is 0.750 bits per heavy atom. The van der Waals surface area contributed by atoms with E-state index in [0.29, 0.717) is 18.2 Å². The van der Waals surface area contributed by atoms with E-state index in [4.69, 9.17) is 9.84 Å². The van der Waals surface area contributed by atoms with Gasteiger partial charge in [0.25, 0.3) is 0 Å². The Labute approximate surface area is 158 Å². The quantitative estimate of drug-likeness (QED) is 0.373. The minimum absolute atomic E-state index is 0.485. The van der Waals surface area contributed by atoms with Gasteiger partial charge in [0, 0.05) is 18.2 Å². The largest absolute Gasteiger partial charge is 0.620 e. The molecule has 0 aliphatic carbocycles. The monoisotopic (exact) mass is 390 g/mol. The molecule has 0 saturated heterocycles. The number of ether oxygens (including phenoxy) is 4. The van der Waals surface area contributed by atoms with Crippen LogP contribution < -0.4 is 0 Å². The molecule has 0 unspecified atom stereocenters. The first-order chi connectivity index (χ1) is 13.2. The van der Waals surface area contributed by atoms with Crippen LogP contribution in [0.25, 0.3) is 0 Å². The van der Waals surface area contributed by atoms with E-state index in [-0.39, 0.29) is 0 Å². The fourth-order valence-electron chi connectivity index (χ4n) is 1.64. The summed E-state index contributed by atoms with van der Waals surface area (Å²) >= 11 is 0. The Morgan fingerprint density at radius 2 is 1.14 bits per heavy atom. The van der Waals surface area contributed by atoms with E-state index < -0.39 is 47.1 Å². The molecule has 0 aromatic heterocycles. The second-order valence-corrected chi connectivity index (χ2v) is 4.62. The van der Waals surface area contributed by atoms with Crippen LogP contribution in [0.1, 0.15) is 20.7 Å². The Kier molecular flexibility index (Phi) is 7.39. The molecule has 0 atom stereocenters. The zero-order chi connectivity index (χ0) is 21.3. The van der Waals surface area contributed by atoms with Crippen LogP contribution in [-0.4, -0.2) is 41.1 Å². The van der Waals surface area contributed by atoms with Gasteiger partial charge < -0.3 is 24.1 Å². The summed E-state index contributed by atoms with van der Waals surface area (Å²) in [7, 11) is 0. The highest BCUT2D eigenvalue weighted by molar-refractivity contribution is 6.02. The zero-order valence-corrected chi connectivity index (χ0v) is 14.3. The van der Waals surface area contributed by atoms with Gasteiger partial charge in [-0.3, -0.25) is 0 Å². The summed E-state index contributed by atoms with van der Waals surface area (Å²) in [6.07, 6.45) is -1.55. The molecule has 0 heterocycles. The summed E-state index contributed by atoms with van der Waals surface area (Å²) in [4.78, 5) is 58.5. The molecule has 1 rings (SSSR count). The van der Waals surface area contributed by atoms with Crippen LogP contribution >= 0.6 is 0 Å². The van der Waals surface area contributed by atoms with Crippen LogP contribution in [0, 0.1) is 0 Å². The molecule has 1 N–H and O–H groups in total. The van der Waals surface area contributed by atoms with Crippen molar-refractivity contribution < 1.29 is 48.0 Å². The van der Waals surface area contributed by atoms with Gasteiger partial charge in [0.2, 0.25) is 0 Å². The van der Waals surface area contributed by atoms with Crippen molar-refractivity contribution in [1.29, 1.82) is 0 Å². The van der Waals surface area contributed by atoms with Crippen LogP contribution in [0.3, 0.4) is 0 Å². The van der Waals surface area contributed by atoms with Gasteiger partial charge in [-0.25, -0.2) is 24.0 Å². The minimum Gasteiger partial charge on any atom is -0.478 e. The smallest absolute Gasteiger partial charge is 0.478 e. The van der Waals surface area contributed by atoms with Gasteiger partial charge in [-0.15, -0.1) is 0 Å². The molecule has 0 aliphatic rings. The van der Waals surface area contributed by atoms with Crippen molar-refractivity contribution >= 4 is 29.8 Å². The number of aromatic carboxylic acids is 1. The molecule has 0 radical (unpaired) electrons. The summed E-state index contributed by atoms with van der Waals surface area (Å²) < 4.78 is 18.5. The molecule has 0 bridgehead atoms. The van der Waals surface area contributed by atoms with Crippen molar-refractivity contribution in [2.45, 2.75) is 6.16 Å². The standard InChI is InChI=1S/C18H14O10/c1-4-13(19)25-18(26-14(20)5-2,27-15(21)6-3)28-17(24)12-10-8-7-9-11(12)16(22)23/h4-10H,1-3H2,(H,22,23). The zero-order valence-electron chi connectivity index (χ0n) is 14.3. The molecule has 0 spiro atoms. The lowest BCUT2D eigenvalue weighted by molar-refractivity contribution is -0.424. The molecule has 0 saturated carbocycles. The SMILES string of the molecule is C=CC(=O)OC(OC(=O)C=C)(OC(=O)C=C)OC(=O)c1ccccc1C(=O)O. The van der Waals surface area contributed by atoms with Crippen LogP contribution in [0.4, 0.5) is 0 Å². The first-order valence-electron chi connectivity index (χ1n) is 7.30. The molecule has 28 heavy (non-hydrogen) atoms. The number of carbonyl (C=O) groups is 5. The van der Waals surface area contributed by atoms with E-state index in [9.17, 15) is 24.0 Å². The fraction of sp³-hybridized carbons (Fsp3) is 0.0556. The first kappa shape index (κ1) is 21.8. The molecule has 0 aliphatic heterocycles. The van der Waals surface area contributed by atoms with Gasteiger partial charge in [0.1, 0.15) is 0 Å². The van der Waals surface area contributed by atoms with Crippen LogP contribution in [-0.2, 0) is 33.3 Å². The molecule has 10 nitrogen and oxygen atoms in total. The van der Waals surface area contributed by atoms with E-state index in [0.717, 1.165) is 12.1 Å². The Bertz CT molecular complexity index is 797. The number of carboxylic acid groups (broad SMARTS) is 1. The van der Waals surface area contributed by atoms with Gasteiger partial charge in [0.05, 0.1) is 11.1 Å². The molecule has 146 valence electrons. The van der Waals surface area contributed by atoms with Gasteiger partial charge in [-0.2, -0.15) is 0 Å². The number of benzene rings is 1. The molecule has 0 amide bonds. The highest BCUT2D eigenvalue weighted by Crippen LogP contribution is 2.23. The summed E-state index contributed by atoms with van der Waals surface area (Å²) in [5.41, 5.74) is -1.00. The maximum Gasteiger partial charge on any atom is 0.620 e. The van der Waals surface area contributed by atoms with E-state index in [1.165, 1.54) is 12.1 Å². The maximum absolute atomic E-state index is 12.5. The lowest BCUT2D eigenvalue weighted by atomic mass is 10.1. The van der Waals surface area contributed by atoms with E-state index in [2.05, 4.69) is 33.9 Å². The van der Waals surface area contributed by atoms with Crippen LogP contribution in [0.5, 0.6) is 0 Å². The molecular formula is C18H14O10. The molecule has 1 aromatic carbocycles. The normalized spacial score (nSPS) is 10.0. The second-order valence-electron chi connectivity index (χ2n) is 4.62. The van der Waals surface area contributed by atoms with Crippen molar-refractivity contribution in [2.24, 2.45) is 0 Å². The molecular weight excluding hydrogens is 376 g/mol.